The van der Waals surface area contributed by atoms with Gasteiger partial charge in [-0.05, 0) is 19.8 Å². The molecule has 1 aromatic rings. The van der Waals surface area contributed by atoms with Crippen LogP contribution in [0.15, 0.2) is 0 Å². The van der Waals surface area contributed by atoms with Gasteiger partial charge >= 0.3 is 6.03 Å². The van der Waals surface area contributed by atoms with Crippen LogP contribution in [0.5, 0.6) is 0 Å². The Morgan fingerprint density at radius 2 is 2.12 bits per heavy atom. The number of carbonyl (C=O) groups is 1. The highest BCUT2D eigenvalue weighted by Gasteiger charge is 2.23. The second-order valence-corrected chi connectivity index (χ2v) is 4.20. The number of alkyl halides is 1. The van der Waals surface area contributed by atoms with Gasteiger partial charge in [-0.1, -0.05) is 0 Å². The van der Waals surface area contributed by atoms with Gasteiger partial charge in [-0.15, -0.1) is 5.10 Å². The summed E-state index contributed by atoms with van der Waals surface area (Å²) >= 11 is 0. The number of nitrogens with zero attached hydrogens (tertiary/aromatic N) is 4. The molecule has 1 aliphatic heterocycles. The molecule has 1 N–H and O–H groups in total. The maximum absolute atomic E-state index is 12.9. The van der Waals surface area contributed by atoms with Crippen LogP contribution < -0.4 is 5.32 Å². The Morgan fingerprint density at radius 3 is 2.65 bits per heavy atom. The van der Waals surface area contributed by atoms with E-state index in [0.717, 1.165) is 5.82 Å². The number of nitrogens with one attached hydrogen (secondary N) is 1. The van der Waals surface area contributed by atoms with Gasteiger partial charge in [0.05, 0.1) is 0 Å². The molecule has 1 saturated heterocycles. The largest absolute Gasteiger partial charge is 0.324 e. The van der Waals surface area contributed by atoms with E-state index in [1.807, 2.05) is 0 Å². The Balaban J connectivity index is 1.93. The van der Waals surface area contributed by atoms with Crippen molar-refractivity contribution in [3.8, 4) is 0 Å². The van der Waals surface area contributed by atoms with E-state index < -0.39 is 6.17 Å². The van der Waals surface area contributed by atoms with Crippen molar-refractivity contribution in [2.75, 3.05) is 18.4 Å². The lowest BCUT2D eigenvalue weighted by molar-refractivity contribution is 0.161. The van der Waals surface area contributed by atoms with E-state index in [2.05, 4.69) is 15.4 Å². The van der Waals surface area contributed by atoms with Crippen LogP contribution in [-0.2, 0) is 7.05 Å². The summed E-state index contributed by atoms with van der Waals surface area (Å²) in [6.45, 7) is 2.69. The molecule has 0 saturated carbocycles. The quantitative estimate of drug-likeness (QED) is 0.800. The van der Waals surface area contributed by atoms with Gasteiger partial charge in [-0.25, -0.2) is 9.18 Å². The normalized spacial score (nSPS) is 17.2. The van der Waals surface area contributed by atoms with Gasteiger partial charge in [-0.3, -0.25) is 10.00 Å². The summed E-state index contributed by atoms with van der Waals surface area (Å²) in [5.41, 5.74) is 0. The number of halogens is 1. The van der Waals surface area contributed by atoms with E-state index in [4.69, 9.17) is 0 Å². The summed E-state index contributed by atoms with van der Waals surface area (Å²) in [5.74, 6) is 1.01. The number of amides is 2. The molecule has 94 valence electrons. The minimum absolute atomic E-state index is 0.262. The molecule has 0 aliphatic carbocycles. The Morgan fingerprint density at radius 1 is 1.47 bits per heavy atom. The van der Waals surface area contributed by atoms with Crippen molar-refractivity contribution in [1.82, 2.24) is 19.7 Å². The molecule has 2 rings (SSSR count). The van der Waals surface area contributed by atoms with Crippen molar-refractivity contribution in [3.63, 3.8) is 0 Å². The lowest BCUT2D eigenvalue weighted by Gasteiger charge is -2.28. The molecule has 0 bridgehead atoms. The molecule has 6 nitrogen and oxygen atoms in total. The van der Waals surface area contributed by atoms with E-state index in [0.29, 0.717) is 25.9 Å². The standard InChI is InChI=1S/C10H16FN5O/c1-7-12-9(14-15(7)2)13-10(17)16-5-3-8(11)4-6-16/h8H,3-6H2,1-2H3,(H,13,14,17). The summed E-state index contributed by atoms with van der Waals surface area (Å²) < 4.78 is 14.5. The first kappa shape index (κ1) is 11.8. The summed E-state index contributed by atoms with van der Waals surface area (Å²) in [6, 6.07) is -0.262. The van der Waals surface area contributed by atoms with Crippen molar-refractivity contribution in [1.29, 1.82) is 0 Å². The van der Waals surface area contributed by atoms with Gasteiger partial charge in [0, 0.05) is 20.1 Å². The molecular weight excluding hydrogens is 225 g/mol. The first-order chi connectivity index (χ1) is 8.06. The summed E-state index contributed by atoms with van der Waals surface area (Å²) in [6.07, 6.45) is 0.0266. The van der Waals surface area contributed by atoms with E-state index >= 15 is 0 Å². The fourth-order valence-electron chi connectivity index (χ4n) is 1.74. The first-order valence-electron chi connectivity index (χ1n) is 5.64. The fourth-order valence-corrected chi connectivity index (χ4v) is 1.74. The number of aryl methyl sites for hydroxylation is 2. The van der Waals surface area contributed by atoms with Crippen LogP contribution in [0, 0.1) is 6.92 Å². The molecule has 0 spiro atoms. The van der Waals surface area contributed by atoms with E-state index in [-0.39, 0.29) is 12.0 Å². The Bertz CT molecular complexity index is 391. The molecular formula is C10H16FN5O. The van der Waals surface area contributed by atoms with Gasteiger partial charge in [0.25, 0.3) is 0 Å². The van der Waals surface area contributed by atoms with Gasteiger partial charge < -0.3 is 4.90 Å². The molecule has 0 aromatic carbocycles. The minimum Gasteiger partial charge on any atom is -0.324 e. The van der Waals surface area contributed by atoms with Gasteiger partial charge in [0.1, 0.15) is 12.0 Å². The number of piperidine rings is 1. The predicted octanol–water partition coefficient (Wildman–Crippen LogP) is 1.09. The van der Waals surface area contributed by atoms with Crippen LogP contribution >= 0.6 is 0 Å². The molecule has 2 heterocycles. The minimum atomic E-state index is -0.783. The van der Waals surface area contributed by atoms with Crippen LogP contribution in [-0.4, -0.2) is 45.0 Å². The van der Waals surface area contributed by atoms with E-state index in [9.17, 15) is 9.18 Å². The van der Waals surface area contributed by atoms with Gasteiger partial charge in [0.2, 0.25) is 5.95 Å². The maximum Gasteiger partial charge on any atom is 0.324 e. The highest BCUT2D eigenvalue weighted by atomic mass is 19.1. The number of hydrogen-bond acceptors (Lipinski definition) is 3. The van der Waals surface area contributed by atoms with E-state index in [1.165, 1.54) is 0 Å². The SMILES string of the molecule is Cc1nc(NC(=O)N2CCC(F)CC2)nn1C. The zero-order valence-corrected chi connectivity index (χ0v) is 9.98. The molecule has 0 radical (unpaired) electrons. The van der Waals surface area contributed by atoms with Gasteiger partial charge in [-0.2, -0.15) is 4.98 Å². The van der Waals surface area contributed by atoms with Crippen LogP contribution in [0.4, 0.5) is 15.1 Å². The summed E-state index contributed by atoms with van der Waals surface area (Å²) in [4.78, 5) is 17.5. The Labute approximate surface area is 98.8 Å². The molecule has 1 fully saturated rings. The number of hydrogen-bond donors (Lipinski definition) is 1. The second kappa shape index (κ2) is 4.68. The van der Waals surface area contributed by atoms with Crippen molar-refractivity contribution >= 4 is 12.0 Å². The molecule has 1 aromatic heterocycles. The monoisotopic (exact) mass is 241 g/mol. The molecule has 2 amide bonds. The number of carbonyl (C=O) groups excluding carboxylic acids is 1. The van der Waals surface area contributed by atoms with Crippen molar-refractivity contribution in [2.24, 2.45) is 7.05 Å². The van der Waals surface area contributed by atoms with Crippen LogP contribution in [0.2, 0.25) is 0 Å². The zero-order valence-electron chi connectivity index (χ0n) is 9.98. The van der Waals surface area contributed by atoms with Crippen molar-refractivity contribution in [2.45, 2.75) is 25.9 Å². The lowest BCUT2D eigenvalue weighted by atomic mass is 10.1. The maximum atomic E-state index is 12.9. The van der Waals surface area contributed by atoms with Gasteiger partial charge in [0.15, 0.2) is 0 Å². The number of urea groups is 1. The lowest BCUT2D eigenvalue weighted by Crippen LogP contribution is -2.41. The Kier molecular flexibility index (Phi) is 3.26. The second-order valence-electron chi connectivity index (χ2n) is 4.20. The van der Waals surface area contributed by atoms with Crippen molar-refractivity contribution in [3.05, 3.63) is 5.82 Å². The summed E-state index contributed by atoms with van der Waals surface area (Å²) in [5, 5.41) is 6.64. The zero-order chi connectivity index (χ0) is 12.4. The third kappa shape index (κ3) is 2.72. The first-order valence-corrected chi connectivity index (χ1v) is 5.64. The number of aromatic nitrogens is 3. The van der Waals surface area contributed by atoms with Crippen LogP contribution in [0.1, 0.15) is 18.7 Å². The number of likely N-dealkylation sites (tertiary alicyclic amines) is 1. The summed E-state index contributed by atoms with van der Waals surface area (Å²) in [7, 11) is 1.76. The third-order valence-electron chi connectivity index (χ3n) is 2.91. The molecule has 1 aliphatic rings. The van der Waals surface area contributed by atoms with Crippen LogP contribution in [0.25, 0.3) is 0 Å². The third-order valence-corrected chi connectivity index (χ3v) is 2.91. The van der Waals surface area contributed by atoms with E-state index in [1.54, 1.807) is 23.6 Å². The molecule has 7 heteroatoms. The molecule has 0 atom stereocenters. The van der Waals surface area contributed by atoms with Crippen molar-refractivity contribution < 1.29 is 9.18 Å². The topological polar surface area (TPSA) is 63.1 Å². The average molecular weight is 241 g/mol. The van der Waals surface area contributed by atoms with Crippen LogP contribution in [0.3, 0.4) is 0 Å². The smallest absolute Gasteiger partial charge is 0.324 e. The molecule has 17 heavy (non-hydrogen) atoms. The Hall–Kier alpha value is -1.66. The average Bonchev–Trinajstić information content (AvgIpc) is 2.58. The number of anilines is 1. The molecule has 0 unspecified atom stereocenters. The highest BCUT2D eigenvalue weighted by molar-refractivity contribution is 5.87. The fraction of sp³-hybridized carbons (Fsp3) is 0.700. The highest BCUT2D eigenvalue weighted by Crippen LogP contribution is 2.14. The predicted molar refractivity (Wildman–Crippen MR) is 60.5 cm³/mol. The number of rotatable bonds is 1.